The number of nitrogens with two attached hydrogens (primary N) is 1. The number of fused-ring (bicyclic) bond motifs is 1. The largest absolute Gasteiger partial charge is 0.463 e. The van der Waals surface area contributed by atoms with E-state index in [9.17, 15) is 4.79 Å². The number of nitrogens with zero attached hydrogens (tertiary/aromatic N) is 1. The minimum absolute atomic E-state index is 0.00930. The molecule has 5 nitrogen and oxygen atoms in total. The molecule has 2 unspecified atom stereocenters. The maximum Gasteiger partial charge on any atom is 0.258 e. The first kappa shape index (κ1) is 14.1. The second-order valence-electron chi connectivity index (χ2n) is 5.42. The molecule has 2 heterocycles. The van der Waals surface area contributed by atoms with Crippen molar-refractivity contribution < 1.29 is 13.9 Å². The van der Waals surface area contributed by atoms with Gasteiger partial charge in [0, 0.05) is 31.6 Å². The zero-order valence-corrected chi connectivity index (χ0v) is 12.1. The molecule has 0 saturated carbocycles. The number of rotatable bonds is 3. The van der Waals surface area contributed by atoms with Gasteiger partial charge in [0.1, 0.15) is 11.8 Å². The third kappa shape index (κ3) is 2.54. The topological polar surface area (TPSA) is 68.7 Å². The molecular weight excluding hydrogens is 268 g/mol. The van der Waals surface area contributed by atoms with E-state index >= 15 is 0 Å². The molecule has 2 atom stereocenters. The van der Waals surface area contributed by atoms with Crippen molar-refractivity contribution in [2.24, 2.45) is 5.73 Å². The second kappa shape index (κ2) is 5.87. The van der Waals surface area contributed by atoms with Crippen LogP contribution in [-0.2, 0) is 4.74 Å². The van der Waals surface area contributed by atoms with E-state index in [1.54, 1.807) is 13.4 Å². The van der Waals surface area contributed by atoms with Crippen LogP contribution in [-0.4, -0.2) is 43.2 Å². The van der Waals surface area contributed by atoms with Gasteiger partial charge < -0.3 is 19.8 Å². The van der Waals surface area contributed by atoms with Gasteiger partial charge in [0.25, 0.3) is 5.91 Å². The third-order valence-corrected chi connectivity index (χ3v) is 4.25. The summed E-state index contributed by atoms with van der Waals surface area (Å²) in [6, 6.07) is 7.60. The van der Waals surface area contributed by atoms with E-state index in [1.807, 2.05) is 29.2 Å². The van der Waals surface area contributed by atoms with Crippen LogP contribution in [0.1, 0.15) is 23.2 Å². The van der Waals surface area contributed by atoms with Gasteiger partial charge in [-0.2, -0.15) is 0 Å². The summed E-state index contributed by atoms with van der Waals surface area (Å²) in [6.45, 7) is 1.11. The van der Waals surface area contributed by atoms with E-state index in [0.29, 0.717) is 18.7 Å². The lowest BCUT2D eigenvalue weighted by molar-refractivity contribution is 0.0139. The minimum Gasteiger partial charge on any atom is -0.463 e. The third-order valence-electron chi connectivity index (χ3n) is 4.25. The highest BCUT2D eigenvalue weighted by Crippen LogP contribution is 2.26. The maximum atomic E-state index is 12.8. The molecule has 0 spiro atoms. The molecule has 0 aliphatic carbocycles. The first-order valence-corrected chi connectivity index (χ1v) is 7.24. The summed E-state index contributed by atoms with van der Waals surface area (Å²) in [4.78, 5) is 14.7. The van der Waals surface area contributed by atoms with Gasteiger partial charge in [-0.3, -0.25) is 4.79 Å². The highest BCUT2D eigenvalue weighted by Gasteiger charge is 2.32. The number of benzene rings is 1. The van der Waals surface area contributed by atoms with Crippen molar-refractivity contribution in [1.82, 2.24) is 4.90 Å². The van der Waals surface area contributed by atoms with Crippen molar-refractivity contribution >= 4 is 16.9 Å². The molecule has 1 aliphatic heterocycles. The standard InChI is InChI=1S/C16H20N2O3/c1-20-12-6-7-18(11(8-12)9-17)16(19)14-10-21-15-5-3-2-4-13(14)15/h2-5,10-12H,6-9,17H2,1H3. The van der Waals surface area contributed by atoms with Crippen LogP contribution in [0.5, 0.6) is 0 Å². The number of hydrogen-bond acceptors (Lipinski definition) is 4. The quantitative estimate of drug-likeness (QED) is 0.938. The molecule has 5 heteroatoms. The van der Waals surface area contributed by atoms with Gasteiger partial charge in [-0.05, 0) is 18.9 Å². The fourth-order valence-electron chi connectivity index (χ4n) is 3.02. The second-order valence-corrected chi connectivity index (χ2v) is 5.42. The molecular formula is C16H20N2O3. The lowest BCUT2D eigenvalue weighted by Gasteiger charge is -2.38. The fourth-order valence-corrected chi connectivity index (χ4v) is 3.02. The average Bonchev–Trinajstić information content (AvgIpc) is 2.97. The smallest absolute Gasteiger partial charge is 0.258 e. The van der Waals surface area contributed by atoms with E-state index in [2.05, 4.69) is 0 Å². The number of furan rings is 1. The van der Waals surface area contributed by atoms with Gasteiger partial charge in [0.15, 0.2) is 0 Å². The summed E-state index contributed by atoms with van der Waals surface area (Å²) in [5.41, 5.74) is 7.19. The Hall–Kier alpha value is -1.85. The lowest BCUT2D eigenvalue weighted by atomic mass is 9.98. The lowest BCUT2D eigenvalue weighted by Crippen LogP contribution is -2.51. The molecule has 1 aromatic carbocycles. The fraction of sp³-hybridized carbons (Fsp3) is 0.438. The summed E-state index contributed by atoms with van der Waals surface area (Å²) in [5.74, 6) is -0.00930. The van der Waals surface area contributed by atoms with Gasteiger partial charge in [-0.1, -0.05) is 18.2 Å². The molecule has 3 rings (SSSR count). The average molecular weight is 288 g/mol. The van der Waals surface area contributed by atoms with Crippen LogP contribution in [0.2, 0.25) is 0 Å². The number of carbonyl (C=O) groups is 1. The SMILES string of the molecule is COC1CCN(C(=O)c2coc3ccccc23)C(CN)C1. The van der Waals surface area contributed by atoms with Crippen LogP contribution in [0.15, 0.2) is 34.9 Å². The van der Waals surface area contributed by atoms with E-state index < -0.39 is 0 Å². The number of hydrogen-bond donors (Lipinski definition) is 1. The number of ether oxygens (including phenoxy) is 1. The van der Waals surface area contributed by atoms with Gasteiger partial charge in [0.05, 0.1) is 11.7 Å². The molecule has 1 saturated heterocycles. The Labute approximate surface area is 123 Å². The Kier molecular flexibility index (Phi) is 3.94. The van der Waals surface area contributed by atoms with Crippen molar-refractivity contribution in [1.29, 1.82) is 0 Å². The van der Waals surface area contributed by atoms with Crippen molar-refractivity contribution in [2.75, 3.05) is 20.2 Å². The van der Waals surface area contributed by atoms with Crippen LogP contribution < -0.4 is 5.73 Å². The number of carbonyl (C=O) groups excluding carboxylic acids is 1. The molecule has 0 radical (unpaired) electrons. The predicted molar refractivity (Wildman–Crippen MR) is 80.1 cm³/mol. The van der Waals surface area contributed by atoms with E-state index in [-0.39, 0.29) is 18.1 Å². The van der Waals surface area contributed by atoms with Crippen molar-refractivity contribution in [3.8, 4) is 0 Å². The normalized spacial score (nSPS) is 22.7. The first-order valence-electron chi connectivity index (χ1n) is 7.24. The van der Waals surface area contributed by atoms with Crippen molar-refractivity contribution in [3.05, 3.63) is 36.1 Å². The van der Waals surface area contributed by atoms with Gasteiger partial charge >= 0.3 is 0 Å². The zero-order chi connectivity index (χ0) is 14.8. The number of amides is 1. The predicted octanol–water partition coefficient (Wildman–Crippen LogP) is 2.01. The number of piperidine rings is 1. The number of likely N-dealkylation sites (tertiary alicyclic amines) is 1. The van der Waals surface area contributed by atoms with Crippen LogP contribution in [0.25, 0.3) is 11.0 Å². The molecule has 112 valence electrons. The van der Waals surface area contributed by atoms with E-state index in [1.165, 1.54) is 0 Å². The van der Waals surface area contributed by atoms with Gasteiger partial charge in [0.2, 0.25) is 0 Å². The summed E-state index contributed by atoms with van der Waals surface area (Å²) >= 11 is 0. The molecule has 1 amide bonds. The summed E-state index contributed by atoms with van der Waals surface area (Å²) in [6.07, 6.45) is 3.36. The summed E-state index contributed by atoms with van der Waals surface area (Å²) in [7, 11) is 1.71. The minimum atomic E-state index is -0.00930. The van der Waals surface area contributed by atoms with Crippen LogP contribution >= 0.6 is 0 Å². The monoisotopic (exact) mass is 288 g/mol. The van der Waals surface area contributed by atoms with E-state index in [4.69, 9.17) is 14.9 Å². The van der Waals surface area contributed by atoms with E-state index in [0.717, 1.165) is 23.8 Å². The molecule has 21 heavy (non-hydrogen) atoms. The summed E-state index contributed by atoms with van der Waals surface area (Å²) < 4.78 is 10.9. The number of methoxy groups -OCH3 is 1. The number of para-hydroxylation sites is 1. The molecule has 0 bridgehead atoms. The summed E-state index contributed by atoms with van der Waals surface area (Å²) in [5, 5.41) is 0.854. The van der Waals surface area contributed by atoms with Gasteiger partial charge in [-0.15, -0.1) is 0 Å². The highest BCUT2D eigenvalue weighted by atomic mass is 16.5. The van der Waals surface area contributed by atoms with Crippen molar-refractivity contribution in [3.63, 3.8) is 0 Å². The van der Waals surface area contributed by atoms with Crippen LogP contribution in [0, 0.1) is 0 Å². The Morgan fingerprint density at radius 3 is 3.05 bits per heavy atom. The van der Waals surface area contributed by atoms with Crippen molar-refractivity contribution in [2.45, 2.75) is 25.0 Å². The molecule has 2 aromatic rings. The molecule has 1 fully saturated rings. The van der Waals surface area contributed by atoms with Crippen LogP contribution in [0.4, 0.5) is 0 Å². The Bertz CT molecular complexity index is 637. The Balaban J connectivity index is 1.87. The first-order chi connectivity index (χ1) is 10.2. The van der Waals surface area contributed by atoms with Gasteiger partial charge in [-0.25, -0.2) is 0 Å². The molecule has 1 aromatic heterocycles. The molecule has 1 aliphatic rings. The molecule has 2 N–H and O–H groups in total. The maximum absolute atomic E-state index is 12.8. The van der Waals surface area contributed by atoms with Crippen LogP contribution in [0.3, 0.4) is 0 Å². The Morgan fingerprint density at radius 2 is 2.29 bits per heavy atom. The highest BCUT2D eigenvalue weighted by molar-refractivity contribution is 6.06. The zero-order valence-electron chi connectivity index (χ0n) is 12.1. The Morgan fingerprint density at radius 1 is 1.48 bits per heavy atom.